The van der Waals surface area contributed by atoms with Crippen LogP contribution in [0.3, 0.4) is 0 Å². The van der Waals surface area contributed by atoms with E-state index in [-0.39, 0.29) is 31.4 Å². The Morgan fingerprint density at radius 1 is 1.38 bits per heavy atom. The third kappa shape index (κ3) is 3.58. The zero-order valence-corrected chi connectivity index (χ0v) is 12.8. The number of nitrogens with zero attached hydrogens (tertiary/aromatic N) is 4. The molecule has 3 N–H and O–H groups in total. The van der Waals surface area contributed by atoms with E-state index in [2.05, 4.69) is 30.9 Å². The lowest BCUT2D eigenvalue weighted by Crippen LogP contribution is -2.09. The van der Waals surface area contributed by atoms with Crippen LogP contribution in [0.15, 0.2) is 4.73 Å². The Balaban J connectivity index is 2.34. The van der Waals surface area contributed by atoms with Crippen molar-refractivity contribution in [2.75, 3.05) is 26.1 Å². The van der Waals surface area contributed by atoms with Crippen LogP contribution in [0.25, 0.3) is 11.2 Å². The fourth-order valence-corrected chi connectivity index (χ4v) is 2.18. The Bertz CT molecular complexity index is 660. The molecule has 0 amide bonds. The van der Waals surface area contributed by atoms with Gasteiger partial charge in [0.2, 0.25) is 0 Å². The number of hydrogen-bond donors (Lipinski definition) is 2. The Kier molecular flexibility index (Phi) is 4.91. The number of methoxy groups -OCH3 is 1. The molecule has 0 aliphatic carbocycles. The highest BCUT2D eigenvalue weighted by Gasteiger charge is 2.16. The Morgan fingerprint density at radius 2 is 2.14 bits per heavy atom. The van der Waals surface area contributed by atoms with Crippen molar-refractivity contribution in [3.05, 3.63) is 4.73 Å². The minimum Gasteiger partial charge on any atom is -0.481 e. The second-order valence-electron chi connectivity index (χ2n) is 4.08. The standard InChI is InChI=1S/C11H14BrN5O4/c1-20-4-5-21-11-15-8(13)7-9(16-11)17(10(12)14-7)3-2-6(18)19/h2-5H2,1H3,(H,18,19)(H2,13,15,16). The van der Waals surface area contributed by atoms with E-state index in [0.29, 0.717) is 22.5 Å². The van der Waals surface area contributed by atoms with Crippen molar-refractivity contribution < 1.29 is 19.4 Å². The summed E-state index contributed by atoms with van der Waals surface area (Å²) in [7, 11) is 1.56. The number of hydrogen-bond acceptors (Lipinski definition) is 7. The number of nitrogens with two attached hydrogens (primary N) is 1. The van der Waals surface area contributed by atoms with Crippen LogP contribution in [0.1, 0.15) is 6.42 Å². The summed E-state index contributed by atoms with van der Waals surface area (Å²) in [6.07, 6.45) is -0.0617. The number of halogens is 1. The summed E-state index contributed by atoms with van der Waals surface area (Å²) in [4.78, 5) is 23.1. The number of nitrogen functional groups attached to an aromatic ring is 1. The first kappa shape index (κ1) is 15.4. The van der Waals surface area contributed by atoms with Gasteiger partial charge >= 0.3 is 12.0 Å². The van der Waals surface area contributed by atoms with Crippen molar-refractivity contribution in [2.24, 2.45) is 0 Å². The molecular weight excluding hydrogens is 346 g/mol. The van der Waals surface area contributed by atoms with Crippen LogP contribution < -0.4 is 10.5 Å². The van der Waals surface area contributed by atoms with Crippen molar-refractivity contribution in [2.45, 2.75) is 13.0 Å². The van der Waals surface area contributed by atoms with Gasteiger partial charge in [0.1, 0.15) is 6.61 Å². The number of carboxylic acid groups (broad SMARTS) is 1. The summed E-state index contributed by atoms with van der Waals surface area (Å²) in [5, 5.41) is 8.78. The average molecular weight is 360 g/mol. The van der Waals surface area contributed by atoms with Crippen molar-refractivity contribution in [1.82, 2.24) is 19.5 Å². The number of aromatic nitrogens is 4. The minimum atomic E-state index is -0.914. The van der Waals surface area contributed by atoms with Gasteiger partial charge in [-0.2, -0.15) is 9.97 Å². The van der Waals surface area contributed by atoms with Gasteiger partial charge < -0.3 is 24.9 Å². The Morgan fingerprint density at radius 3 is 2.81 bits per heavy atom. The first-order chi connectivity index (χ1) is 10.0. The maximum atomic E-state index is 10.7. The molecule has 0 radical (unpaired) electrons. The highest BCUT2D eigenvalue weighted by atomic mass is 79.9. The van der Waals surface area contributed by atoms with E-state index >= 15 is 0 Å². The highest BCUT2D eigenvalue weighted by molar-refractivity contribution is 9.10. The molecule has 0 aromatic carbocycles. The SMILES string of the molecule is COCCOc1nc(N)c2nc(Br)n(CCC(=O)O)c2n1. The van der Waals surface area contributed by atoms with Gasteiger partial charge in [0, 0.05) is 13.7 Å². The molecule has 0 fully saturated rings. The van der Waals surface area contributed by atoms with E-state index in [1.165, 1.54) is 0 Å². The van der Waals surface area contributed by atoms with Crippen molar-refractivity contribution in [3.63, 3.8) is 0 Å². The lowest BCUT2D eigenvalue weighted by Gasteiger charge is -2.06. The summed E-state index contributed by atoms with van der Waals surface area (Å²) >= 11 is 3.26. The molecule has 10 heteroatoms. The number of rotatable bonds is 7. The first-order valence-electron chi connectivity index (χ1n) is 6.05. The van der Waals surface area contributed by atoms with Gasteiger partial charge in [-0.1, -0.05) is 0 Å². The van der Waals surface area contributed by atoms with Crippen molar-refractivity contribution in [1.29, 1.82) is 0 Å². The molecule has 0 aliphatic rings. The van der Waals surface area contributed by atoms with Crippen molar-refractivity contribution in [3.8, 4) is 6.01 Å². The quantitative estimate of drug-likeness (QED) is 0.545. The van der Waals surface area contributed by atoms with Crippen molar-refractivity contribution >= 4 is 38.9 Å². The molecule has 21 heavy (non-hydrogen) atoms. The lowest BCUT2D eigenvalue weighted by molar-refractivity contribution is -0.137. The molecule has 0 saturated carbocycles. The predicted octanol–water partition coefficient (Wildman–Crippen LogP) is 0.671. The molecule has 0 atom stereocenters. The van der Waals surface area contributed by atoms with Crippen LogP contribution in [0, 0.1) is 0 Å². The first-order valence-corrected chi connectivity index (χ1v) is 6.85. The van der Waals surface area contributed by atoms with E-state index in [1.807, 2.05) is 0 Å². The Hall–Kier alpha value is -1.94. The van der Waals surface area contributed by atoms with E-state index in [0.717, 1.165) is 0 Å². The lowest BCUT2D eigenvalue weighted by atomic mass is 10.4. The van der Waals surface area contributed by atoms with Gasteiger partial charge in [-0.25, -0.2) is 4.98 Å². The van der Waals surface area contributed by atoms with Crippen LogP contribution in [-0.4, -0.2) is 50.9 Å². The predicted molar refractivity (Wildman–Crippen MR) is 77.1 cm³/mol. The van der Waals surface area contributed by atoms with Gasteiger partial charge in [-0.05, 0) is 15.9 Å². The number of ether oxygens (including phenoxy) is 2. The van der Waals surface area contributed by atoms with E-state index in [4.69, 9.17) is 20.3 Å². The summed E-state index contributed by atoms with van der Waals surface area (Å²) in [6.45, 7) is 0.884. The number of anilines is 1. The topological polar surface area (TPSA) is 125 Å². The summed E-state index contributed by atoms with van der Waals surface area (Å²) in [5.41, 5.74) is 6.64. The molecule has 2 aromatic rings. The van der Waals surface area contributed by atoms with Crippen LogP contribution >= 0.6 is 15.9 Å². The molecular formula is C11H14BrN5O4. The van der Waals surface area contributed by atoms with Gasteiger partial charge in [0.05, 0.1) is 13.0 Å². The zero-order chi connectivity index (χ0) is 15.4. The normalized spacial score (nSPS) is 11.0. The average Bonchev–Trinajstić information content (AvgIpc) is 2.73. The zero-order valence-electron chi connectivity index (χ0n) is 11.2. The van der Waals surface area contributed by atoms with Gasteiger partial charge in [0.15, 0.2) is 21.7 Å². The largest absolute Gasteiger partial charge is 0.481 e. The van der Waals surface area contributed by atoms with Crippen LogP contribution in [0.5, 0.6) is 6.01 Å². The third-order valence-corrected chi connectivity index (χ3v) is 3.23. The molecule has 0 bridgehead atoms. The fraction of sp³-hybridized carbons (Fsp3) is 0.455. The molecule has 0 spiro atoms. The summed E-state index contributed by atoms with van der Waals surface area (Å²) in [6, 6.07) is 0.0982. The number of imidazole rings is 1. The maximum absolute atomic E-state index is 10.7. The smallest absolute Gasteiger partial charge is 0.320 e. The number of carbonyl (C=O) groups is 1. The molecule has 0 aliphatic heterocycles. The molecule has 2 rings (SSSR count). The molecule has 2 aromatic heterocycles. The van der Waals surface area contributed by atoms with Crippen LogP contribution in [-0.2, 0) is 16.1 Å². The third-order valence-electron chi connectivity index (χ3n) is 2.62. The van der Waals surface area contributed by atoms with Crippen LogP contribution in [0.2, 0.25) is 0 Å². The number of aryl methyl sites for hydroxylation is 1. The minimum absolute atomic E-state index is 0.0617. The maximum Gasteiger partial charge on any atom is 0.320 e. The molecule has 9 nitrogen and oxygen atoms in total. The van der Waals surface area contributed by atoms with Crippen LogP contribution in [0.4, 0.5) is 5.82 Å². The summed E-state index contributed by atoms with van der Waals surface area (Å²) < 4.78 is 12.2. The van der Waals surface area contributed by atoms with E-state index in [1.54, 1.807) is 11.7 Å². The summed E-state index contributed by atoms with van der Waals surface area (Å²) in [5.74, 6) is -0.746. The van der Waals surface area contributed by atoms with Gasteiger partial charge in [-0.3, -0.25) is 4.79 Å². The fourth-order valence-electron chi connectivity index (χ4n) is 1.66. The Labute approximate surface area is 128 Å². The molecule has 0 saturated heterocycles. The number of fused-ring (bicyclic) bond motifs is 1. The molecule has 2 heterocycles. The number of aliphatic carboxylic acids is 1. The second kappa shape index (κ2) is 6.68. The molecule has 0 unspecified atom stereocenters. The monoisotopic (exact) mass is 359 g/mol. The van der Waals surface area contributed by atoms with E-state index < -0.39 is 5.97 Å². The van der Waals surface area contributed by atoms with Gasteiger partial charge in [-0.15, -0.1) is 0 Å². The number of carboxylic acids is 1. The van der Waals surface area contributed by atoms with Gasteiger partial charge in [0.25, 0.3) is 0 Å². The second-order valence-corrected chi connectivity index (χ2v) is 4.79. The molecule has 114 valence electrons. The van der Waals surface area contributed by atoms with E-state index in [9.17, 15) is 4.79 Å². The highest BCUT2D eigenvalue weighted by Crippen LogP contribution is 2.24.